The van der Waals surface area contributed by atoms with Crippen LogP contribution in [0.4, 0.5) is 5.69 Å². The number of amides is 1. The molecule has 1 aliphatic rings. The first-order chi connectivity index (χ1) is 13.0. The summed E-state index contributed by atoms with van der Waals surface area (Å²) in [5.41, 5.74) is 2.92. The first-order valence-corrected chi connectivity index (χ1v) is 9.08. The molecular weight excluding hydrogens is 358 g/mol. The van der Waals surface area contributed by atoms with Crippen molar-refractivity contribution >= 4 is 24.2 Å². The molecule has 1 heterocycles. The van der Waals surface area contributed by atoms with E-state index in [1.165, 1.54) is 5.56 Å². The van der Waals surface area contributed by atoms with Gasteiger partial charge in [0.15, 0.2) is 0 Å². The van der Waals surface area contributed by atoms with Gasteiger partial charge in [0.25, 0.3) is 5.91 Å². The molecule has 0 aromatic heterocycles. The summed E-state index contributed by atoms with van der Waals surface area (Å²) in [5, 5.41) is 12.6. The van der Waals surface area contributed by atoms with Crippen LogP contribution in [-0.2, 0) is 4.79 Å². The monoisotopic (exact) mass is 379 g/mol. The minimum Gasteiger partial charge on any atom is -0.497 e. The Kier molecular flexibility index (Phi) is 5.43. The Balaban J connectivity index is 2.08. The van der Waals surface area contributed by atoms with Gasteiger partial charge in [-0.25, -0.2) is 0 Å². The van der Waals surface area contributed by atoms with Crippen molar-refractivity contribution in [1.29, 1.82) is 5.26 Å². The minimum absolute atomic E-state index is 0.00367. The van der Waals surface area contributed by atoms with E-state index in [1.807, 2.05) is 47.4 Å². The quantitative estimate of drug-likeness (QED) is 0.785. The maximum absolute atomic E-state index is 12.4. The van der Waals surface area contributed by atoms with Gasteiger partial charge in [0.2, 0.25) is 0 Å². The Morgan fingerprint density at radius 3 is 2.30 bits per heavy atom. The summed E-state index contributed by atoms with van der Waals surface area (Å²) in [6.45, 7) is 4.27. The van der Waals surface area contributed by atoms with Crippen molar-refractivity contribution in [2.24, 2.45) is 0 Å². The lowest BCUT2D eigenvalue weighted by molar-refractivity contribution is -0.118. The van der Waals surface area contributed by atoms with Crippen LogP contribution >= 0.6 is 12.6 Å². The largest absolute Gasteiger partial charge is 0.497 e. The van der Waals surface area contributed by atoms with Crippen LogP contribution in [0.25, 0.3) is 0 Å². The number of nitrogens with zero attached hydrogens (tertiary/aromatic N) is 2. The first-order valence-electron chi connectivity index (χ1n) is 8.63. The highest BCUT2D eigenvalue weighted by Crippen LogP contribution is 2.36. The van der Waals surface area contributed by atoms with E-state index in [2.05, 4.69) is 43.9 Å². The van der Waals surface area contributed by atoms with E-state index in [-0.39, 0.29) is 5.57 Å². The number of thiol groups is 1. The molecule has 0 bridgehead atoms. The van der Waals surface area contributed by atoms with Crippen molar-refractivity contribution in [3.8, 4) is 11.8 Å². The van der Waals surface area contributed by atoms with Crippen LogP contribution in [0.5, 0.6) is 5.75 Å². The zero-order chi connectivity index (χ0) is 19.6. The van der Waals surface area contributed by atoms with Crippen LogP contribution in [0, 0.1) is 11.3 Å². The second-order valence-corrected chi connectivity index (χ2v) is 7.00. The average Bonchev–Trinajstić information content (AvgIpc) is 2.68. The zero-order valence-electron chi connectivity index (χ0n) is 15.4. The molecule has 1 aliphatic heterocycles. The summed E-state index contributed by atoms with van der Waals surface area (Å²) in [7, 11) is 1.60. The first kappa shape index (κ1) is 18.9. The van der Waals surface area contributed by atoms with E-state index in [4.69, 9.17) is 4.74 Å². The second kappa shape index (κ2) is 7.77. The molecule has 2 aromatic rings. The summed E-state index contributed by atoms with van der Waals surface area (Å²) in [5.74, 6) is 0.713. The van der Waals surface area contributed by atoms with Gasteiger partial charge in [0, 0.05) is 5.69 Å². The van der Waals surface area contributed by atoms with Crippen molar-refractivity contribution in [2.75, 3.05) is 12.0 Å². The third kappa shape index (κ3) is 3.64. The van der Waals surface area contributed by atoms with Crippen molar-refractivity contribution in [1.82, 2.24) is 5.32 Å². The van der Waals surface area contributed by atoms with E-state index in [0.717, 1.165) is 17.0 Å². The van der Waals surface area contributed by atoms with E-state index >= 15 is 0 Å². The van der Waals surface area contributed by atoms with Gasteiger partial charge in [-0.1, -0.05) is 38.1 Å². The number of nitrogens with one attached hydrogen (secondary N) is 1. The van der Waals surface area contributed by atoms with Gasteiger partial charge in [-0.2, -0.15) is 5.26 Å². The average molecular weight is 379 g/mol. The summed E-state index contributed by atoms with van der Waals surface area (Å²) in [4.78, 5) is 14.2. The number of benzene rings is 2. The molecule has 1 N–H and O–H groups in total. The number of ether oxygens (including phenoxy) is 1. The highest BCUT2D eigenvalue weighted by Gasteiger charge is 2.33. The van der Waals surface area contributed by atoms with Crippen LogP contribution in [0.3, 0.4) is 0 Å². The van der Waals surface area contributed by atoms with E-state index in [9.17, 15) is 10.1 Å². The maximum atomic E-state index is 12.4. The maximum Gasteiger partial charge on any atom is 0.266 e. The molecule has 0 radical (unpaired) electrons. The number of anilines is 1. The molecule has 0 saturated heterocycles. The molecule has 0 fully saturated rings. The van der Waals surface area contributed by atoms with Crippen LogP contribution in [0.2, 0.25) is 0 Å². The number of carbonyl (C=O) groups is 1. The normalized spacial score (nSPS) is 17.0. The predicted octanol–water partition coefficient (Wildman–Crippen LogP) is 4.12. The van der Waals surface area contributed by atoms with E-state index < -0.39 is 12.1 Å². The van der Waals surface area contributed by atoms with Crippen LogP contribution < -0.4 is 15.0 Å². The Labute approximate surface area is 164 Å². The Morgan fingerprint density at radius 1 is 1.15 bits per heavy atom. The smallest absolute Gasteiger partial charge is 0.266 e. The standard InChI is InChI=1S/C21H21N3O2S/c1-13(2)14-4-8-16(9-5-14)24-19(15-6-10-17(26-3)11-7-15)23-20(25)18(12-22)21(24)27/h4-11,13,19,27H,1-3H3,(H,23,25). The molecule has 0 saturated carbocycles. The number of hydrogen-bond donors (Lipinski definition) is 2. The molecule has 1 amide bonds. The van der Waals surface area contributed by atoms with Gasteiger partial charge in [0.1, 0.15) is 23.6 Å². The highest BCUT2D eigenvalue weighted by molar-refractivity contribution is 7.84. The molecular formula is C21H21N3O2S. The number of nitriles is 1. The van der Waals surface area contributed by atoms with Crippen molar-refractivity contribution in [2.45, 2.75) is 25.9 Å². The number of methoxy groups -OCH3 is 1. The molecule has 0 aliphatic carbocycles. The van der Waals surface area contributed by atoms with E-state index in [0.29, 0.717) is 10.9 Å². The summed E-state index contributed by atoms with van der Waals surface area (Å²) in [6.07, 6.45) is -0.474. The summed E-state index contributed by atoms with van der Waals surface area (Å²) in [6, 6.07) is 17.5. The molecule has 0 spiro atoms. The Bertz CT molecular complexity index is 912. The number of hydrogen-bond acceptors (Lipinski definition) is 5. The molecule has 138 valence electrons. The molecule has 2 aromatic carbocycles. The van der Waals surface area contributed by atoms with Crippen molar-refractivity contribution in [3.05, 3.63) is 70.3 Å². The lowest BCUT2D eigenvalue weighted by atomic mass is 10.0. The summed E-state index contributed by atoms with van der Waals surface area (Å²) >= 11 is 4.51. The van der Waals surface area contributed by atoms with E-state index in [1.54, 1.807) is 7.11 Å². The van der Waals surface area contributed by atoms with Crippen LogP contribution in [-0.4, -0.2) is 13.0 Å². The fourth-order valence-electron chi connectivity index (χ4n) is 3.02. The topological polar surface area (TPSA) is 65.4 Å². The predicted molar refractivity (Wildman–Crippen MR) is 109 cm³/mol. The minimum atomic E-state index is -0.474. The van der Waals surface area contributed by atoms with Gasteiger partial charge in [-0.05, 0) is 41.3 Å². The lowest BCUT2D eigenvalue weighted by Gasteiger charge is -2.38. The van der Waals surface area contributed by atoms with Crippen molar-refractivity contribution < 1.29 is 9.53 Å². The van der Waals surface area contributed by atoms with Crippen LogP contribution in [0.1, 0.15) is 37.1 Å². The number of carbonyl (C=O) groups excluding carboxylic acids is 1. The molecule has 1 atom stereocenters. The molecule has 6 heteroatoms. The van der Waals surface area contributed by atoms with Gasteiger partial charge in [-0.15, -0.1) is 12.6 Å². The van der Waals surface area contributed by atoms with Gasteiger partial charge in [0.05, 0.1) is 12.1 Å². The summed E-state index contributed by atoms with van der Waals surface area (Å²) < 4.78 is 5.21. The molecule has 27 heavy (non-hydrogen) atoms. The highest BCUT2D eigenvalue weighted by atomic mass is 32.1. The Morgan fingerprint density at radius 2 is 1.78 bits per heavy atom. The SMILES string of the molecule is COc1ccc(C2NC(=O)C(C#N)=C(S)N2c2ccc(C(C)C)cc2)cc1. The second-order valence-electron chi connectivity index (χ2n) is 6.58. The third-order valence-electron chi connectivity index (χ3n) is 4.59. The number of rotatable bonds is 4. The van der Waals surface area contributed by atoms with Crippen LogP contribution in [0.15, 0.2) is 59.1 Å². The molecule has 3 rings (SSSR count). The Hall–Kier alpha value is -2.91. The zero-order valence-corrected chi connectivity index (χ0v) is 16.3. The van der Waals surface area contributed by atoms with Gasteiger partial charge < -0.3 is 15.0 Å². The lowest BCUT2D eigenvalue weighted by Crippen LogP contribution is -2.46. The van der Waals surface area contributed by atoms with Gasteiger partial charge >= 0.3 is 0 Å². The molecule has 1 unspecified atom stereocenters. The fraction of sp³-hybridized carbons (Fsp3) is 0.238. The molecule has 5 nitrogen and oxygen atoms in total. The van der Waals surface area contributed by atoms with Gasteiger partial charge in [-0.3, -0.25) is 4.79 Å². The third-order valence-corrected chi connectivity index (χ3v) is 5.03. The fourth-order valence-corrected chi connectivity index (χ4v) is 3.40. The van der Waals surface area contributed by atoms with Crippen molar-refractivity contribution in [3.63, 3.8) is 0 Å².